The third-order valence-corrected chi connectivity index (χ3v) is 4.17. The number of pyridine rings is 1. The van der Waals surface area contributed by atoms with Crippen molar-refractivity contribution in [3.63, 3.8) is 0 Å². The largest absolute Gasteiger partial charge is 0.497 e. The standard InChI is InChI=1S/C19H22N2O3/c1-3-20-19(22)15-6-7-21-16(10-15)9-13-8-14-4-5-17(23-2)11-18(14)24-12-13/h4-7,10-11,13H,3,8-9,12H2,1-2H3,(H,20,22)/t13-/m1/s1. The third-order valence-electron chi connectivity index (χ3n) is 4.17. The lowest BCUT2D eigenvalue weighted by atomic mass is 9.92. The number of ether oxygens (including phenoxy) is 2. The molecule has 1 aliphatic heterocycles. The molecule has 0 radical (unpaired) electrons. The summed E-state index contributed by atoms with van der Waals surface area (Å²) in [7, 11) is 1.65. The number of hydrogen-bond acceptors (Lipinski definition) is 4. The van der Waals surface area contributed by atoms with Gasteiger partial charge in [-0.05, 0) is 43.5 Å². The number of fused-ring (bicyclic) bond motifs is 1. The van der Waals surface area contributed by atoms with Crippen LogP contribution in [0.5, 0.6) is 11.5 Å². The molecule has 0 bridgehead atoms. The van der Waals surface area contributed by atoms with Gasteiger partial charge < -0.3 is 14.8 Å². The monoisotopic (exact) mass is 326 g/mol. The first-order valence-electron chi connectivity index (χ1n) is 8.22. The molecule has 5 heteroatoms. The molecule has 2 aromatic rings. The second kappa shape index (κ2) is 7.34. The van der Waals surface area contributed by atoms with Gasteiger partial charge in [-0.15, -0.1) is 0 Å². The van der Waals surface area contributed by atoms with E-state index in [0.717, 1.165) is 30.0 Å². The van der Waals surface area contributed by atoms with Gasteiger partial charge in [0.2, 0.25) is 0 Å². The predicted octanol–water partition coefficient (Wildman–Crippen LogP) is 2.63. The van der Waals surface area contributed by atoms with Gasteiger partial charge in [-0.25, -0.2) is 0 Å². The van der Waals surface area contributed by atoms with Crippen LogP contribution < -0.4 is 14.8 Å². The van der Waals surface area contributed by atoms with Crippen molar-refractivity contribution < 1.29 is 14.3 Å². The Kier molecular flexibility index (Phi) is 4.99. The lowest BCUT2D eigenvalue weighted by Crippen LogP contribution is -2.24. The number of nitrogens with one attached hydrogen (secondary N) is 1. The van der Waals surface area contributed by atoms with Gasteiger partial charge in [0.1, 0.15) is 11.5 Å². The van der Waals surface area contributed by atoms with E-state index in [1.165, 1.54) is 5.56 Å². The number of carbonyl (C=O) groups is 1. The van der Waals surface area contributed by atoms with Crippen molar-refractivity contribution in [2.24, 2.45) is 5.92 Å². The Balaban J connectivity index is 1.69. The van der Waals surface area contributed by atoms with Crippen molar-refractivity contribution in [1.29, 1.82) is 0 Å². The first-order valence-corrected chi connectivity index (χ1v) is 8.22. The summed E-state index contributed by atoms with van der Waals surface area (Å²) in [6, 6.07) is 9.55. The zero-order valence-electron chi connectivity index (χ0n) is 14.0. The molecular weight excluding hydrogens is 304 g/mol. The lowest BCUT2D eigenvalue weighted by Gasteiger charge is -2.25. The van der Waals surface area contributed by atoms with E-state index < -0.39 is 0 Å². The zero-order chi connectivity index (χ0) is 16.9. The Morgan fingerprint density at radius 1 is 1.38 bits per heavy atom. The van der Waals surface area contributed by atoms with Crippen molar-refractivity contribution >= 4 is 5.91 Å². The third kappa shape index (κ3) is 3.67. The fraction of sp³-hybridized carbons (Fsp3) is 0.368. The maximum Gasteiger partial charge on any atom is 0.251 e. The molecule has 0 fully saturated rings. The molecule has 0 saturated heterocycles. The van der Waals surface area contributed by atoms with Crippen LogP contribution in [0.4, 0.5) is 0 Å². The van der Waals surface area contributed by atoms with Gasteiger partial charge in [0.25, 0.3) is 5.91 Å². The van der Waals surface area contributed by atoms with E-state index in [0.29, 0.717) is 24.6 Å². The van der Waals surface area contributed by atoms with Gasteiger partial charge in [-0.2, -0.15) is 0 Å². The highest BCUT2D eigenvalue weighted by Gasteiger charge is 2.21. The van der Waals surface area contributed by atoms with Gasteiger partial charge in [0.05, 0.1) is 13.7 Å². The molecule has 5 nitrogen and oxygen atoms in total. The molecule has 0 spiro atoms. The number of rotatable bonds is 5. The smallest absolute Gasteiger partial charge is 0.251 e. The Labute approximate surface area is 142 Å². The van der Waals surface area contributed by atoms with Crippen molar-refractivity contribution in [3.05, 3.63) is 53.3 Å². The number of hydrogen-bond donors (Lipinski definition) is 1. The Bertz CT molecular complexity index is 730. The summed E-state index contributed by atoms with van der Waals surface area (Å²) in [5, 5.41) is 2.81. The molecule has 0 unspecified atom stereocenters. The van der Waals surface area contributed by atoms with Crippen LogP contribution in [0.2, 0.25) is 0 Å². The van der Waals surface area contributed by atoms with Crippen LogP contribution in [0, 0.1) is 5.92 Å². The van der Waals surface area contributed by atoms with Gasteiger partial charge in [-0.1, -0.05) is 6.07 Å². The molecule has 1 N–H and O–H groups in total. The topological polar surface area (TPSA) is 60.5 Å². The van der Waals surface area contributed by atoms with E-state index in [4.69, 9.17) is 9.47 Å². The fourth-order valence-corrected chi connectivity index (χ4v) is 2.96. The number of carbonyl (C=O) groups excluding carboxylic acids is 1. The second-order valence-electron chi connectivity index (χ2n) is 5.95. The summed E-state index contributed by atoms with van der Waals surface area (Å²) in [6.07, 6.45) is 3.42. The SMILES string of the molecule is CCNC(=O)c1ccnc(C[C@@H]2COc3cc(OC)ccc3C2)c1. The molecule has 1 amide bonds. The maximum absolute atomic E-state index is 11.9. The summed E-state index contributed by atoms with van der Waals surface area (Å²) >= 11 is 0. The lowest BCUT2D eigenvalue weighted by molar-refractivity contribution is 0.0955. The maximum atomic E-state index is 11.9. The zero-order valence-corrected chi connectivity index (χ0v) is 14.0. The minimum Gasteiger partial charge on any atom is -0.497 e. The van der Waals surface area contributed by atoms with Crippen LogP contribution in [0.25, 0.3) is 0 Å². The highest BCUT2D eigenvalue weighted by atomic mass is 16.5. The highest BCUT2D eigenvalue weighted by molar-refractivity contribution is 5.94. The minimum atomic E-state index is -0.0570. The molecular formula is C19H22N2O3. The van der Waals surface area contributed by atoms with Crippen LogP contribution in [0.15, 0.2) is 36.5 Å². The quantitative estimate of drug-likeness (QED) is 0.917. The van der Waals surface area contributed by atoms with E-state index >= 15 is 0 Å². The van der Waals surface area contributed by atoms with E-state index in [2.05, 4.69) is 16.4 Å². The number of methoxy groups -OCH3 is 1. The normalized spacial score (nSPS) is 16.0. The molecule has 1 atom stereocenters. The molecule has 126 valence electrons. The summed E-state index contributed by atoms with van der Waals surface area (Å²) in [5.74, 6) is 2.00. The van der Waals surface area contributed by atoms with Gasteiger partial charge >= 0.3 is 0 Å². The van der Waals surface area contributed by atoms with Crippen LogP contribution in [-0.4, -0.2) is 31.2 Å². The van der Waals surface area contributed by atoms with Crippen LogP contribution >= 0.6 is 0 Å². The molecule has 1 aliphatic rings. The average Bonchev–Trinajstić information content (AvgIpc) is 2.61. The predicted molar refractivity (Wildman–Crippen MR) is 91.6 cm³/mol. The van der Waals surface area contributed by atoms with E-state index in [1.807, 2.05) is 25.1 Å². The van der Waals surface area contributed by atoms with Crippen molar-refractivity contribution in [3.8, 4) is 11.5 Å². The Hall–Kier alpha value is -2.56. The molecule has 3 rings (SSSR count). The van der Waals surface area contributed by atoms with E-state index in [1.54, 1.807) is 19.4 Å². The first-order chi connectivity index (χ1) is 11.7. The molecule has 1 aromatic heterocycles. The summed E-state index contributed by atoms with van der Waals surface area (Å²) in [6.45, 7) is 3.17. The average molecular weight is 326 g/mol. The molecule has 1 aromatic carbocycles. The van der Waals surface area contributed by atoms with Crippen LogP contribution in [0.1, 0.15) is 28.5 Å². The van der Waals surface area contributed by atoms with Crippen LogP contribution in [-0.2, 0) is 12.8 Å². The minimum absolute atomic E-state index is 0.0570. The first kappa shape index (κ1) is 16.3. The summed E-state index contributed by atoms with van der Waals surface area (Å²) in [4.78, 5) is 16.3. The summed E-state index contributed by atoms with van der Waals surface area (Å²) < 4.78 is 11.1. The number of nitrogens with zero attached hydrogens (tertiary/aromatic N) is 1. The number of amides is 1. The number of benzene rings is 1. The van der Waals surface area contributed by atoms with Crippen molar-refractivity contribution in [2.75, 3.05) is 20.3 Å². The second-order valence-corrected chi connectivity index (χ2v) is 5.95. The molecule has 0 saturated carbocycles. The Morgan fingerprint density at radius 3 is 3.04 bits per heavy atom. The Morgan fingerprint density at radius 2 is 2.25 bits per heavy atom. The van der Waals surface area contributed by atoms with Crippen molar-refractivity contribution in [1.82, 2.24) is 10.3 Å². The van der Waals surface area contributed by atoms with Gasteiger partial charge in [0, 0.05) is 36.0 Å². The molecule has 0 aliphatic carbocycles. The highest BCUT2D eigenvalue weighted by Crippen LogP contribution is 2.31. The molecule has 24 heavy (non-hydrogen) atoms. The summed E-state index contributed by atoms with van der Waals surface area (Å²) in [5.41, 5.74) is 2.76. The van der Waals surface area contributed by atoms with Crippen LogP contribution in [0.3, 0.4) is 0 Å². The van der Waals surface area contributed by atoms with Gasteiger partial charge in [-0.3, -0.25) is 9.78 Å². The fourth-order valence-electron chi connectivity index (χ4n) is 2.96. The van der Waals surface area contributed by atoms with E-state index in [-0.39, 0.29) is 5.91 Å². The van der Waals surface area contributed by atoms with Gasteiger partial charge in [0.15, 0.2) is 0 Å². The van der Waals surface area contributed by atoms with E-state index in [9.17, 15) is 4.79 Å². The molecule has 2 heterocycles. The van der Waals surface area contributed by atoms with Crippen molar-refractivity contribution in [2.45, 2.75) is 19.8 Å². The number of aromatic nitrogens is 1.